The van der Waals surface area contributed by atoms with Crippen LogP contribution in [0.25, 0.3) is 0 Å². The predicted molar refractivity (Wildman–Crippen MR) is 98.1 cm³/mol. The number of halogens is 3. The van der Waals surface area contributed by atoms with E-state index in [0.717, 1.165) is 10.9 Å². The predicted octanol–water partition coefficient (Wildman–Crippen LogP) is 6.35. The highest BCUT2D eigenvalue weighted by Gasteiger charge is 2.12. The molecule has 1 atom stereocenters. The maximum absolute atomic E-state index is 3.83. The molecule has 3 heteroatoms. The minimum absolute atomic E-state index is 0.346. The highest BCUT2D eigenvalue weighted by molar-refractivity contribution is 14.1. The van der Waals surface area contributed by atoms with Gasteiger partial charge in [-0.25, -0.2) is 0 Å². The van der Waals surface area contributed by atoms with Gasteiger partial charge in [-0.05, 0) is 83.3 Å². The van der Waals surface area contributed by atoms with Gasteiger partial charge in [0.05, 0.1) is 0 Å². The number of benzene rings is 2. The van der Waals surface area contributed by atoms with Gasteiger partial charge in [0.1, 0.15) is 0 Å². The first kappa shape index (κ1) is 15.5. The summed E-state index contributed by atoms with van der Waals surface area (Å²) < 4.78 is 2.43. The first-order valence-electron chi connectivity index (χ1n) is 6.12. The lowest BCUT2D eigenvalue weighted by atomic mass is 10.0. The van der Waals surface area contributed by atoms with Crippen LogP contribution in [0.3, 0.4) is 0 Å². The summed E-state index contributed by atoms with van der Waals surface area (Å²) in [6.07, 6.45) is 1.01. The zero-order valence-electron chi connectivity index (χ0n) is 10.9. The van der Waals surface area contributed by atoms with Crippen LogP contribution in [0.1, 0.15) is 27.1 Å². The van der Waals surface area contributed by atoms with E-state index >= 15 is 0 Å². The maximum Gasteiger partial charge on any atom is 0.0446 e. The molecule has 0 aliphatic rings. The lowest BCUT2D eigenvalue weighted by Gasteiger charge is -2.14. The van der Waals surface area contributed by atoms with Crippen molar-refractivity contribution >= 4 is 54.5 Å². The zero-order chi connectivity index (χ0) is 14.0. The molecule has 100 valence electrons. The van der Waals surface area contributed by atoms with Gasteiger partial charge in [-0.2, -0.15) is 0 Å². The molecule has 1 unspecified atom stereocenters. The van der Waals surface area contributed by atoms with Gasteiger partial charge in [0.15, 0.2) is 0 Å². The van der Waals surface area contributed by atoms with Gasteiger partial charge in [0.2, 0.25) is 0 Å². The van der Waals surface area contributed by atoms with Crippen molar-refractivity contribution < 1.29 is 0 Å². The van der Waals surface area contributed by atoms with E-state index in [9.17, 15) is 0 Å². The van der Waals surface area contributed by atoms with Crippen LogP contribution in [-0.4, -0.2) is 0 Å². The maximum atomic E-state index is 3.83. The quantitative estimate of drug-likeness (QED) is 0.345. The molecule has 0 amide bonds. The summed E-state index contributed by atoms with van der Waals surface area (Å²) in [7, 11) is 0. The van der Waals surface area contributed by atoms with Crippen LogP contribution < -0.4 is 0 Å². The molecule has 2 aromatic rings. The lowest BCUT2D eigenvalue weighted by molar-refractivity contribution is 0.938. The summed E-state index contributed by atoms with van der Waals surface area (Å²) in [6.45, 7) is 4.33. The molecule has 2 aromatic carbocycles. The monoisotopic (exact) mass is 492 g/mol. The fourth-order valence-electron chi connectivity index (χ4n) is 2.00. The van der Waals surface area contributed by atoms with Crippen molar-refractivity contribution in [1.82, 2.24) is 0 Å². The van der Waals surface area contributed by atoms with Crippen molar-refractivity contribution in [2.24, 2.45) is 0 Å². The molecule has 0 aliphatic heterocycles. The Morgan fingerprint density at radius 1 is 1.05 bits per heavy atom. The minimum atomic E-state index is 0.346. The third-order valence-electron chi connectivity index (χ3n) is 3.28. The second-order valence-electron chi connectivity index (χ2n) is 4.76. The second kappa shape index (κ2) is 6.72. The van der Waals surface area contributed by atoms with Gasteiger partial charge in [0, 0.05) is 12.9 Å². The van der Waals surface area contributed by atoms with Crippen molar-refractivity contribution in [3.05, 3.63) is 66.7 Å². The largest absolute Gasteiger partial charge is 0.0835 e. The first-order chi connectivity index (χ1) is 8.97. The Balaban J connectivity index is 2.22. The van der Waals surface area contributed by atoms with Gasteiger partial charge < -0.3 is 0 Å². The van der Waals surface area contributed by atoms with Crippen LogP contribution in [0, 0.1) is 17.4 Å². The van der Waals surface area contributed by atoms with Crippen molar-refractivity contribution in [2.75, 3.05) is 0 Å². The SMILES string of the molecule is Cc1ccc(CC(Br)c2cc(Br)ccc2I)cc1C. The molecule has 2 rings (SSSR count). The first-order valence-corrected chi connectivity index (χ1v) is 8.91. The van der Waals surface area contributed by atoms with Crippen LogP contribution in [0.4, 0.5) is 0 Å². The summed E-state index contributed by atoms with van der Waals surface area (Å²) >= 11 is 9.77. The van der Waals surface area contributed by atoms with E-state index in [2.05, 4.69) is 105 Å². The Kier molecular flexibility index (Phi) is 5.49. The Morgan fingerprint density at radius 3 is 2.47 bits per heavy atom. The van der Waals surface area contributed by atoms with Crippen molar-refractivity contribution in [1.29, 1.82) is 0 Å². The molecule has 0 radical (unpaired) electrons. The smallest absolute Gasteiger partial charge is 0.0446 e. The third-order valence-corrected chi connectivity index (χ3v) is 5.57. The standard InChI is InChI=1S/C16H15Br2I/c1-10-3-4-12(7-11(10)2)8-15(18)14-9-13(17)5-6-16(14)19/h3-7,9,15H,8H2,1-2H3. The molecule has 0 aromatic heterocycles. The Hall–Kier alpha value is 0.130. The van der Waals surface area contributed by atoms with Crippen LogP contribution >= 0.6 is 54.5 Å². The normalized spacial score (nSPS) is 12.5. The van der Waals surface area contributed by atoms with E-state index in [-0.39, 0.29) is 0 Å². The number of aryl methyl sites for hydroxylation is 2. The number of alkyl halides is 1. The Bertz CT molecular complexity index is 593. The summed E-state index contributed by atoms with van der Waals surface area (Å²) in [4.78, 5) is 0.346. The molecule has 0 saturated heterocycles. The van der Waals surface area contributed by atoms with Crippen LogP contribution in [0.2, 0.25) is 0 Å². The molecule has 19 heavy (non-hydrogen) atoms. The average molecular weight is 494 g/mol. The number of rotatable bonds is 3. The number of hydrogen-bond donors (Lipinski definition) is 0. The van der Waals surface area contributed by atoms with E-state index in [4.69, 9.17) is 0 Å². The fraction of sp³-hybridized carbons (Fsp3) is 0.250. The second-order valence-corrected chi connectivity index (χ2v) is 7.94. The van der Waals surface area contributed by atoms with Gasteiger partial charge >= 0.3 is 0 Å². The molecular formula is C16H15Br2I. The molecule has 0 bridgehead atoms. The topological polar surface area (TPSA) is 0 Å². The molecule has 0 nitrogen and oxygen atoms in total. The molecule has 0 aliphatic carbocycles. The van der Waals surface area contributed by atoms with Gasteiger partial charge in [-0.1, -0.05) is 50.1 Å². The van der Waals surface area contributed by atoms with E-state index < -0.39 is 0 Å². The van der Waals surface area contributed by atoms with E-state index in [1.54, 1.807) is 0 Å². The van der Waals surface area contributed by atoms with E-state index in [1.165, 1.54) is 25.8 Å². The van der Waals surface area contributed by atoms with Gasteiger partial charge in [-0.3, -0.25) is 0 Å². The molecule has 0 heterocycles. The van der Waals surface area contributed by atoms with Crippen molar-refractivity contribution in [2.45, 2.75) is 25.1 Å². The van der Waals surface area contributed by atoms with Crippen molar-refractivity contribution in [3.63, 3.8) is 0 Å². The minimum Gasteiger partial charge on any atom is -0.0835 e. The average Bonchev–Trinajstić information content (AvgIpc) is 2.36. The highest BCUT2D eigenvalue weighted by Crippen LogP contribution is 2.32. The van der Waals surface area contributed by atoms with Crippen LogP contribution in [0.15, 0.2) is 40.9 Å². The fourth-order valence-corrected chi connectivity index (χ4v) is 4.27. The van der Waals surface area contributed by atoms with Crippen molar-refractivity contribution in [3.8, 4) is 0 Å². The Labute approximate surface area is 145 Å². The molecular weight excluding hydrogens is 479 g/mol. The molecule has 0 N–H and O–H groups in total. The summed E-state index contributed by atoms with van der Waals surface area (Å²) in [6, 6.07) is 13.1. The zero-order valence-corrected chi connectivity index (χ0v) is 16.2. The van der Waals surface area contributed by atoms with E-state index in [0.29, 0.717) is 4.83 Å². The number of hydrogen-bond acceptors (Lipinski definition) is 0. The molecule has 0 spiro atoms. The van der Waals surface area contributed by atoms with Crippen LogP contribution in [-0.2, 0) is 6.42 Å². The Morgan fingerprint density at radius 2 is 1.79 bits per heavy atom. The molecule has 0 fully saturated rings. The van der Waals surface area contributed by atoms with Gasteiger partial charge in [-0.15, -0.1) is 0 Å². The highest BCUT2D eigenvalue weighted by atomic mass is 127. The van der Waals surface area contributed by atoms with E-state index in [1.807, 2.05) is 0 Å². The summed E-state index contributed by atoms with van der Waals surface area (Å²) in [5.74, 6) is 0. The summed E-state index contributed by atoms with van der Waals surface area (Å²) in [5, 5.41) is 0. The molecule has 0 saturated carbocycles. The lowest BCUT2D eigenvalue weighted by Crippen LogP contribution is -1.99. The van der Waals surface area contributed by atoms with Crippen LogP contribution in [0.5, 0.6) is 0 Å². The van der Waals surface area contributed by atoms with Gasteiger partial charge in [0.25, 0.3) is 0 Å². The summed E-state index contributed by atoms with van der Waals surface area (Å²) in [5.41, 5.74) is 5.43. The third kappa shape index (κ3) is 4.05.